The lowest BCUT2D eigenvalue weighted by Crippen LogP contribution is -2.08. The Morgan fingerprint density at radius 3 is 2.95 bits per heavy atom. The molecule has 1 aromatic rings. The number of carboxylic acid groups (broad SMARTS) is 1. The minimum atomic E-state index is -0.832. The molecule has 7 heteroatoms. The Hall–Kier alpha value is -1.08. The topological polar surface area (TPSA) is 77.2 Å². The van der Waals surface area contributed by atoms with Crippen LogP contribution < -0.4 is 0 Å². The maximum absolute atomic E-state index is 10.6. The average molecular weight is 285 g/mol. The van der Waals surface area contributed by atoms with Crippen LogP contribution in [0.5, 0.6) is 0 Å². The predicted molar refractivity (Wildman–Crippen MR) is 71.5 cm³/mol. The quantitative estimate of drug-likeness (QED) is 0.550. The van der Waals surface area contributed by atoms with Crippen LogP contribution in [0.25, 0.3) is 0 Å². The van der Waals surface area contributed by atoms with Crippen LogP contribution >= 0.6 is 11.8 Å². The summed E-state index contributed by atoms with van der Waals surface area (Å²) in [6, 6.07) is 0. The summed E-state index contributed by atoms with van der Waals surface area (Å²) in [7, 11) is 0. The molecular formula is C12H19N3O3S. The molecule has 0 aromatic carbocycles. The Bertz CT molecular complexity index is 432. The van der Waals surface area contributed by atoms with E-state index < -0.39 is 5.97 Å². The summed E-state index contributed by atoms with van der Waals surface area (Å²) in [6.45, 7) is 4.20. The maximum atomic E-state index is 10.6. The molecule has 1 N–H and O–H groups in total. The second-order valence-corrected chi connectivity index (χ2v) is 5.44. The van der Waals surface area contributed by atoms with Gasteiger partial charge in [0.05, 0.1) is 5.75 Å². The fourth-order valence-electron chi connectivity index (χ4n) is 1.86. The van der Waals surface area contributed by atoms with Gasteiger partial charge in [-0.15, -0.1) is 10.2 Å². The van der Waals surface area contributed by atoms with E-state index in [2.05, 4.69) is 14.8 Å². The summed E-state index contributed by atoms with van der Waals surface area (Å²) in [5.41, 5.74) is 0. The summed E-state index contributed by atoms with van der Waals surface area (Å²) in [5.74, 6) is 0.707. The SMILES string of the molecule is CCOCCCn1c(SCC(=O)O)nnc1C1CC1. The molecule has 1 fully saturated rings. The number of nitrogens with zero attached hydrogens (tertiary/aromatic N) is 3. The zero-order chi connectivity index (χ0) is 13.7. The summed E-state index contributed by atoms with van der Waals surface area (Å²) in [5, 5.41) is 17.8. The molecule has 1 saturated carbocycles. The molecule has 0 atom stereocenters. The Balaban J connectivity index is 1.98. The van der Waals surface area contributed by atoms with Crippen molar-refractivity contribution in [2.75, 3.05) is 19.0 Å². The van der Waals surface area contributed by atoms with E-state index in [0.717, 1.165) is 38.2 Å². The minimum Gasteiger partial charge on any atom is -0.481 e. The van der Waals surface area contributed by atoms with Gasteiger partial charge in [-0.05, 0) is 26.2 Å². The molecule has 1 aliphatic rings. The molecule has 0 radical (unpaired) electrons. The molecule has 1 heterocycles. The van der Waals surface area contributed by atoms with Crippen molar-refractivity contribution < 1.29 is 14.6 Å². The number of aliphatic carboxylic acids is 1. The molecule has 2 rings (SSSR count). The lowest BCUT2D eigenvalue weighted by Gasteiger charge is -2.09. The number of aromatic nitrogens is 3. The third kappa shape index (κ3) is 4.21. The molecule has 0 unspecified atom stereocenters. The van der Waals surface area contributed by atoms with Crippen molar-refractivity contribution in [3.8, 4) is 0 Å². The summed E-state index contributed by atoms with van der Waals surface area (Å²) in [6.07, 6.45) is 3.21. The van der Waals surface area contributed by atoms with Crippen molar-refractivity contribution in [3.05, 3.63) is 5.82 Å². The van der Waals surface area contributed by atoms with Crippen molar-refractivity contribution >= 4 is 17.7 Å². The lowest BCUT2D eigenvalue weighted by atomic mass is 10.3. The zero-order valence-corrected chi connectivity index (χ0v) is 11.9. The highest BCUT2D eigenvalue weighted by atomic mass is 32.2. The van der Waals surface area contributed by atoms with Gasteiger partial charge in [0.25, 0.3) is 0 Å². The van der Waals surface area contributed by atoms with Crippen LogP contribution in [0, 0.1) is 0 Å². The van der Waals surface area contributed by atoms with Crippen LogP contribution in [-0.4, -0.2) is 44.8 Å². The first-order chi connectivity index (χ1) is 9.22. The van der Waals surface area contributed by atoms with Gasteiger partial charge < -0.3 is 14.4 Å². The minimum absolute atomic E-state index is 0.0221. The summed E-state index contributed by atoms with van der Waals surface area (Å²) in [4.78, 5) is 10.6. The van der Waals surface area contributed by atoms with Crippen LogP contribution in [0.15, 0.2) is 5.16 Å². The van der Waals surface area contributed by atoms with E-state index in [4.69, 9.17) is 9.84 Å². The van der Waals surface area contributed by atoms with Gasteiger partial charge in [-0.1, -0.05) is 11.8 Å². The Kier molecular flexibility index (Phi) is 5.21. The Morgan fingerprint density at radius 1 is 1.53 bits per heavy atom. The van der Waals surface area contributed by atoms with Gasteiger partial charge in [0.2, 0.25) is 0 Å². The number of rotatable bonds is 9. The van der Waals surface area contributed by atoms with Crippen molar-refractivity contribution in [2.45, 2.75) is 43.8 Å². The molecule has 0 amide bonds. The van der Waals surface area contributed by atoms with E-state index >= 15 is 0 Å². The van der Waals surface area contributed by atoms with Crippen LogP contribution in [0.1, 0.15) is 37.9 Å². The zero-order valence-electron chi connectivity index (χ0n) is 11.0. The molecule has 106 valence electrons. The van der Waals surface area contributed by atoms with Gasteiger partial charge in [0, 0.05) is 25.7 Å². The first kappa shape index (κ1) is 14.3. The van der Waals surface area contributed by atoms with E-state index in [1.165, 1.54) is 11.8 Å². The summed E-state index contributed by atoms with van der Waals surface area (Å²) < 4.78 is 7.39. The number of carbonyl (C=O) groups is 1. The molecule has 1 aromatic heterocycles. The highest BCUT2D eigenvalue weighted by Crippen LogP contribution is 2.40. The van der Waals surface area contributed by atoms with E-state index in [9.17, 15) is 4.79 Å². The number of thioether (sulfide) groups is 1. The molecule has 0 bridgehead atoms. The predicted octanol–water partition coefficient (Wildman–Crippen LogP) is 1.76. The van der Waals surface area contributed by atoms with Crippen LogP contribution in [0.4, 0.5) is 0 Å². The van der Waals surface area contributed by atoms with Crippen molar-refractivity contribution in [1.29, 1.82) is 0 Å². The number of hydrogen-bond acceptors (Lipinski definition) is 5. The molecule has 0 aliphatic heterocycles. The Labute approximate surface area is 116 Å². The fraction of sp³-hybridized carbons (Fsp3) is 0.750. The van der Waals surface area contributed by atoms with E-state index in [0.29, 0.717) is 17.7 Å². The Morgan fingerprint density at radius 2 is 2.32 bits per heavy atom. The number of hydrogen-bond donors (Lipinski definition) is 1. The largest absolute Gasteiger partial charge is 0.481 e. The number of ether oxygens (including phenoxy) is 1. The van der Waals surface area contributed by atoms with Gasteiger partial charge in [-0.25, -0.2) is 0 Å². The second-order valence-electron chi connectivity index (χ2n) is 4.50. The number of carboxylic acids is 1. The van der Waals surface area contributed by atoms with Crippen LogP contribution in [0.3, 0.4) is 0 Å². The average Bonchev–Trinajstić information content (AvgIpc) is 3.14. The van der Waals surface area contributed by atoms with E-state index in [-0.39, 0.29) is 5.75 Å². The molecule has 1 aliphatic carbocycles. The molecule has 0 saturated heterocycles. The van der Waals surface area contributed by atoms with E-state index in [1.54, 1.807) is 0 Å². The molecule has 19 heavy (non-hydrogen) atoms. The van der Waals surface area contributed by atoms with Crippen molar-refractivity contribution in [1.82, 2.24) is 14.8 Å². The van der Waals surface area contributed by atoms with Crippen molar-refractivity contribution in [3.63, 3.8) is 0 Å². The van der Waals surface area contributed by atoms with Gasteiger partial charge in [0.1, 0.15) is 5.82 Å². The highest BCUT2D eigenvalue weighted by Gasteiger charge is 2.30. The molecule has 0 spiro atoms. The highest BCUT2D eigenvalue weighted by molar-refractivity contribution is 7.99. The van der Waals surface area contributed by atoms with E-state index in [1.807, 2.05) is 6.92 Å². The third-order valence-electron chi connectivity index (χ3n) is 2.89. The fourth-order valence-corrected chi connectivity index (χ4v) is 2.55. The second kappa shape index (κ2) is 6.91. The smallest absolute Gasteiger partial charge is 0.313 e. The van der Waals surface area contributed by atoms with Crippen molar-refractivity contribution in [2.24, 2.45) is 0 Å². The standard InChI is InChI=1S/C12H19N3O3S/c1-2-18-7-3-6-15-11(9-4-5-9)13-14-12(15)19-8-10(16)17/h9H,2-8H2,1H3,(H,16,17). The van der Waals surface area contributed by atoms with Gasteiger partial charge in [0.15, 0.2) is 5.16 Å². The lowest BCUT2D eigenvalue weighted by molar-refractivity contribution is -0.133. The monoisotopic (exact) mass is 285 g/mol. The maximum Gasteiger partial charge on any atom is 0.313 e. The van der Waals surface area contributed by atoms with Gasteiger partial charge >= 0.3 is 5.97 Å². The molecular weight excluding hydrogens is 266 g/mol. The normalized spacial score (nSPS) is 14.8. The van der Waals surface area contributed by atoms with Gasteiger partial charge in [-0.3, -0.25) is 4.79 Å². The van der Waals surface area contributed by atoms with Gasteiger partial charge in [-0.2, -0.15) is 0 Å². The molecule has 6 nitrogen and oxygen atoms in total. The first-order valence-electron chi connectivity index (χ1n) is 6.57. The van der Waals surface area contributed by atoms with Crippen LogP contribution in [-0.2, 0) is 16.1 Å². The first-order valence-corrected chi connectivity index (χ1v) is 7.56. The summed E-state index contributed by atoms with van der Waals surface area (Å²) >= 11 is 1.23. The third-order valence-corrected chi connectivity index (χ3v) is 3.84. The van der Waals surface area contributed by atoms with Crippen LogP contribution in [0.2, 0.25) is 0 Å².